The first-order valence-electron chi connectivity index (χ1n) is 19.1. The van der Waals surface area contributed by atoms with Gasteiger partial charge in [0.25, 0.3) is 0 Å². The van der Waals surface area contributed by atoms with Crippen molar-refractivity contribution in [1.82, 2.24) is 9.80 Å². The number of phenols is 2. The molecule has 2 aromatic rings. The van der Waals surface area contributed by atoms with Crippen molar-refractivity contribution in [3.63, 3.8) is 0 Å². The SMILES string of the molecule is COc1cccc2c1C(=O)c1c(O)c3c(c(O)c1C2=O)C[C@@](O)(C(=O)CO)C[C@@H]3O[C@H]1C[C@H]2[C@H](O[C@@H]3[C@@H](OC)OCC(CC(=O)CN4C(=O)CC(C)C4=O)N32)[C@H](C)O1. The van der Waals surface area contributed by atoms with Gasteiger partial charge in [-0.15, -0.1) is 0 Å². The van der Waals surface area contributed by atoms with E-state index >= 15 is 0 Å². The Balaban J connectivity index is 1.12. The van der Waals surface area contributed by atoms with Crippen molar-refractivity contribution in [3.05, 3.63) is 51.6 Å². The lowest BCUT2D eigenvalue weighted by Crippen LogP contribution is -2.60. The maximum absolute atomic E-state index is 14.1. The van der Waals surface area contributed by atoms with Gasteiger partial charge in [0.05, 0.1) is 49.2 Å². The van der Waals surface area contributed by atoms with Crippen LogP contribution in [0.1, 0.15) is 88.6 Å². The Morgan fingerprint density at radius 1 is 1.00 bits per heavy atom. The molecule has 0 saturated carbocycles. The van der Waals surface area contributed by atoms with Crippen LogP contribution in [-0.4, -0.2) is 148 Å². The molecule has 4 N–H and O–H groups in total. The number of methoxy groups -OCH3 is 2. The summed E-state index contributed by atoms with van der Waals surface area (Å²) in [6.07, 6.45) is -6.70. The third kappa shape index (κ3) is 6.24. The number of ketones is 4. The van der Waals surface area contributed by atoms with Crippen LogP contribution in [0.4, 0.5) is 0 Å². The molecule has 4 fully saturated rings. The molecule has 8 rings (SSSR count). The summed E-state index contributed by atoms with van der Waals surface area (Å²) in [7, 11) is 2.76. The third-order valence-corrected chi connectivity index (χ3v) is 12.3. The van der Waals surface area contributed by atoms with Crippen molar-refractivity contribution >= 4 is 34.9 Å². The number of hydrogen-bond donors (Lipinski definition) is 4. The van der Waals surface area contributed by atoms with Crippen molar-refractivity contribution in [2.45, 2.75) is 101 Å². The van der Waals surface area contributed by atoms with Crippen LogP contribution in [0.15, 0.2) is 18.2 Å². The molecule has 0 radical (unpaired) electrons. The average Bonchev–Trinajstić information content (AvgIpc) is 3.70. The van der Waals surface area contributed by atoms with Crippen LogP contribution in [0.3, 0.4) is 0 Å². The Hall–Kier alpha value is -4.66. The molecule has 0 bridgehead atoms. The number of nitrogens with zero attached hydrogens (tertiary/aromatic N) is 2. The lowest BCUT2D eigenvalue weighted by Gasteiger charge is -2.45. The number of likely N-dealkylation sites (tertiary alicyclic amines) is 1. The number of aliphatic hydroxyl groups is 2. The number of fused-ring (bicyclic) bond motifs is 6. The zero-order valence-corrected chi connectivity index (χ0v) is 32.2. The summed E-state index contributed by atoms with van der Waals surface area (Å²) in [5, 5.41) is 45.2. The number of phenolic OH excluding ortho intramolecular Hbond substituents is 2. The molecule has 18 heteroatoms. The van der Waals surface area contributed by atoms with Gasteiger partial charge < -0.3 is 48.8 Å². The fraction of sp³-hybridized carbons (Fsp3) is 0.550. The molecule has 2 amide bonds. The Morgan fingerprint density at radius 3 is 2.41 bits per heavy atom. The number of Topliss-reactive ketones (excluding diaryl/α,β-unsaturated/α-hetero) is 2. The molecule has 6 aliphatic rings. The van der Waals surface area contributed by atoms with E-state index in [0.29, 0.717) is 0 Å². The average molecular weight is 809 g/mol. The van der Waals surface area contributed by atoms with E-state index in [-0.39, 0.29) is 66.2 Å². The first-order chi connectivity index (χ1) is 27.6. The van der Waals surface area contributed by atoms with E-state index in [4.69, 9.17) is 28.4 Å². The highest BCUT2D eigenvalue weighted by Gasteiger charge is 2.57. The Morgan fingerprint density at radius 2 is 1.74 bits per heavy atom. The van der Waals surface area contributed by atoms with Crippen LogP contribution in [-0.2, 0) is 49.3 Å². The van der Waals surface area contributed by atoms with E-state index in [2.05, 4.69) is 0 Å². The van der Waals surface area contributed by atoms with E-state index in [1.807, 2.05) is 4.90 Å². The first kappa shape index (κ1) is 40.1. The van der Waals surface area contributed by atoms with Crippen molar-refractivity contribution in [3.8, 4) is 17.2 Å². The Kier molecular flexibility index (Phi) is 10.3. The van der Waals surface area contributed by atoms with Gasteiger partial charge in [-0.25, -0.2) is 0 Å². The maximum atomic E-state index is 14.1. The number of aliphatic hydroxyl groups excluding tert-OH is 1. The van der Waals surface area contributed by atoms with Crippen molar-refractivity contribution < 1.29 is 77.6 Å². The summed E-state index contributed by atoms with van der Waals surface area (Å²) < 4.78 is 36.1. The van der Waals surface area contributed by atoms with Gasteiger partial charge in [-0.1, -0.05) is 19.1 Å². The highest BCUT2D eigenvalue weighted by Crippen LogP contribution is 2.53. The molecule has 4 saturated heterocycles. The van der Waals surface area contributed by atoms with Gasteiger partial charge in [-0.05, 0) is 13.0 Å². The largest absolute Gasteiger partial charge is 0.507 e. The number of carbonyl (C=O) groups excluding carboxylic acids is 6. The summed E-state index contributed by atoms with van der Waals surface area (Å²) in [4.78, 5) is 82.3. The molecule has 0 spiro atoms. The maximum Gasteiger partial charge on any atom is 0.232 e. The van der Waals surface area contributed by atoms with Crippen LogP contribution >= 0.6 is 0 Å². The number of imide groups is 1. The van der Waals surface area contributed by atoms with E-state index < -0.39 is 132 Å². The fourth-order valence-electron chi connectivity index (χ4n) is 9.52. The van der Waals surface area contributed by atoms with Gasteiger partial charge in [-0.2, -0.15) is 0 Å². The van der Waals surface area contributed by atoms with Gasteiger partial charge in [0.2, 0.25) is 17.6 Å². The van der Waals surface area contributed by atoms with Gasteiger partial charge in [0.1, 0.15) is 35.6 Å². The number of hydrogen-bond acceptors (Lipinski definition) is 17. The number of rotatable bonds is 10. The van der Waals surface area contributed by atoms with Crippen molar-refractivity contribution in [1.29, 1.82) is 0 Å². The fourth-order valence-corrected chi connectivity index (χ4v) is 9.52. The second kappa shape index (κ2) is 14.9. The Labute approximate surface area is 331 Å². The summed E-state index contributed by atoms with van der Waals surface area (Å²) >= 11 is 0. The third-order valence-electron chi connectivity index (χ3n) is 12.3. The minimum Gasteiger partial charge on any atom is -0.507 e. The summed E-state index contributed by atoms with van der Waals surface area (Å²) in [6.45, 7) is 1.95. The van der Waals surface area contributed by atoms with Crippen molar-refractivity contribution in [2.24, 2.45) is 5.92 Å². The van der Waals surface area contributed by atoms with Crippen LogP contribution in [0.2, 0.25) is 0 Å². The second-order valence-electron chi connectivity index (χ2n) is 15.8. The smallest absolute Gasteiger partial charge is 0.232 e. The molecule has 2 aromatic carbocycles. The molecule has 58 heavy (non-hydrogen) atoms. The molecule has 2 unspecified atom stereocenters. The molecular weight excluding hydrogens is 764 g/mol. The second-order valence-corrected chi connectivity index (χ2v) is 15.8. The van der Waals surface area contributed by atoms with Gasteiger partial charge >= 0.3 is 0 Å². The molecule has 0 aromatic heterocycles. The van der Waals surface area contributed by atoms with Crippen LogP contribution in [0, 0.1) is 5.92 Å². The highest BCUT2D eigenvalue weighted by atomic mass is 16.7. The standard InChI is InChI=1S/C40H44N2O16/c1-16-8-26(46)41(37(16)51)13-19(44)9-18-15-55-39(54-4)38-42(18)22-10-27(56-17(2)36(22)58-38)57-24-12-40(52,25(45)14-43)11-21-29(24)35(50)31-30(33(21)48)32(47)20-6-5-7-23(53-3)28(20)34(31)49/h5-7,16-18,22,24,27,36,38-39,43,48,50,52H,8-15H2,1-4H3/t16?,17-,18?,22-,24-,27-,36+,38+,39-,40-/m0/s1. The molecule has 10 atom stereocenters. The number of morpholine rings is 1. The highest BCUT2D eigenvalue weighted by molar-refractivity contribution is 6.31. The number of ether oxygens (including phenoxy) is 6. The Bertz CT molecular complexity index is 2120. The molecular formula is C40H44N2O16. The monoisotopic (exact) mass is 808 g/mol. The topological polar surface area (TPSA) is 245 Å². The van der Waals surface area contributed by atoms with Crippen molar-refractivity contribution in [2.75, 3.05) is 34.0 Å². The quantitative estimate of drug-likeness (QED) is 0.160. The van der Waals surface area contributed by atoms with Crippen LogP contribution in [0.25, 0.3) is 0 Å². The number of amides is 2. The van der Waals surface area contributed by atoms with E-state index in [1.165, 1.54) is 32.4 Å². The minimum atomic E-state index is -2.34. The molecule has 4 aliphatic heterocycles. The molecule has 4 heterocycles. The lowest BCUT2D eigenvalue weighted by molar-refractivity contribution is -0.262. The molecule has 310 valence electrons. The van der Waals surface area contributed by atoms with Gasteiger partial charge in [0.15, 0.2) is 36.2 Å². The normalized spacial score (nSPS) is 33.0. The number of aromatic hydroxyl groups is 2. The number of benzene rings is 2. The van der Waals surface area contributed by atoms with Crippen LogP contribution < -0.4 is 4.74 Å². The molecule has 18 nitrogen and oxygen atoms in total. The first-order valence-corrected chi connectivity index (χ1v) is 19.1. The summed E-state index contributed by atoms with van der Waals surface area (Å²) in [6, 6.07) is 3.24. The van der Waals surface area contributed by atoms with Gasteiger partial charge in [-0.3, -0.25) is 38.6 Å². The lowest BCUT2D eigenvalue weighted by atomic mass is 9.72. The van der Waals surface area contributed by atoms with Crippen LogP contribution in [0.5, 0.6) is 17.2 Å². The predicted molar refractivity (Wildman–Crippen MR) is 193 cm³/mol. The number of carbonyl (C=O) groups is 6. The minimum absolute atomic E-state index is 0.0350. The zero-order chi connectivity index (χ0) is 41.5. The van der Waals surface area contributed by atoms with Gasteiger partial charge in [0, 0.05) is 73.9 Å². The summed E-state index contributed by atoms with van der Waals surface area (Å²) in [5.41, 5.74) is -3.95. The van der Waals surface area contributed by atoms with E-state index in [1.54, 1.807) is 13.8 Å². The predicted octanol–water partition coefficient (Wildman–Crippen LogP) is 0.434. The zero-order valence-electron chi connectivity index (χ0n) is 32.2. The molecule has 2 aliphatic carbocycles. The summed E-state index contributed by atoms with van der Waals surface area (Å²) in [5.74, 6) is -5.69. The van der Waals surface area contributed by atoms with E-state index in [0.717, 1.165) is 4.90 Å². The van der Waals surface area contributed by atoms with E-state index in [9.17, 15) is 49.2 Å².